The molecule has 8 heteroatoms. The molecule has 0 unspecified atom stereocenters. The molecule has 1 saturated heterocycles. The minimum Gasteiger partial charge on any atom is -0.354 e. The number of hydrogen-bond acceptors (Lipinski definition) is 5. The summed E-state index contributed by atoms with van der Waals surface area (Å²) in [6.45, 7) is 0.630. The van der Waals surface area contributed by atoms with Gasteiger partial charge in [-0.3, -0.25) is 4.79 Å². The van der Waals surface area contributed by atoms with Gasteiger partial charge in [-0.1, -0.05) is 12.1 Å². The maximum absolute atomic E-state index is 13.2. The SMILES string of the molecule is O=C1NCC[C@@H]1Nc1nc2ccccc2c2nc(-c3ccc(F)cc3)nn12. The number of aromatic nitrogens is 4. The maximum Gasteiger partial charge on any atom is 0.242 e. The number of fused-ring (bicyclic) bond motifs is 3. The van der Waals surface area contributed by atoms with E-state index < -0.39 is 0 Å². The van der Waals surface area contributed by atoms with Gasteiger partial charge < -0.3 is 10.6 Å². The Bertz CT molecular complexity index is 1170. The average Bonchev–Trinajstić information content (AvgIpc) is 3.30. The summed E-state index contributed by atoms with van der Waals surface area (Å²) in [5, 5.41) is 11.4. The third-order valence-corrected chi connectivity index (χ3v) is 4.63. The maximum atomic E-state index is 13.2. The first kappa shape index (κ1) is 15.7. The Balaban J connectivity index is 1.70. The van der Waals surface area contributed by atoms with Gasteiger partial charge in [0.1, 0.15) is 11.9 Å². The van der Waals surface area contributed by atoms with Crippen LogP contribution in [0.2, 0.25) is 0 Å². The lowest BCUT2D eigenvalue weighted by molar-refractivity contribution is -0.119. The van der Waals surface area contributed by atoms with Gasteiger partial charge in [-0.15, -0.1) is 5.10 Å². The Morgan fingerprint density at radius 2 is 1.93 bits per heavy atom. The van der Waals surface area contributed by atoms with E-state index in [0.29, 0.717) is 35.9 Å². The zero-order valence-electron chi connectivity index (χ0n) is 14.2. The van der Waals surface area contributed by atoms with Gasteiger partial charge in [0.05, 0.1) is 5.52 Å². The number of carbonyl (C=O) groups is 1. The van der Waals surface area contributed by atoms with Gasteiger partial charge in [0.25, 0.3) is 0 Å². The van der Waals surface area contributed by atoms with Gasteiger partial charge in [-0.05, 0) is 42.8 Å². The molecule has 4 aromatic rings. The average molecular weight is 362 g/mol. The van der Waals surface area contributed by atoms with Crippen molar-refractivity contribution in [1.82, 2.24) is 24.9 Å². The van der Waals surface area contributed by atoms with Crippen molar-refractivity contribution in [3.8, 4) is 11.4 Å². The van der Waals surface area contributed by atoms with Gasteiger partial charge in [0, 0.05) is 17.5 Å². The largest absolute Gasteiger partial charge is 0.354 e. The second kappa shape index (κ2) is 6.01. The number of benzene rings is 2. The van der Waals surface area contributed by atoms with E-state index in [-0.39, 0.29) is 17.8 Å². The van der Waals surface area contributed by atoms with Gasteiger partial charge in [0.15, 0.2) is 11.5 Å². The molecule has 27 heavy (non-hydrogen) atoms. The number of carbonyl (C=O) groups excluding carboxylic acids is 1. The molecule has 0 radical (unpaired) electrons. The number of amides is 1. The minimum absolute atomic E-state index is 0.0584. The quantitative estimate of drug-likeness (QED) is 0.585. The van der Waals surface area contributed by atoms with E-state index in [0.717, 1.165) is 10.9 Å². The topological polar surface area (TPSA) is 84.2 Å². The Morgan fingerprint density at radius 1 is 1.11 bits per heavy atom. The summed E-state index contributed by atoms with van der Waals surface area (Å²) < 4.78 is 14.8. The number of rotatable bonds is 3. The number of anilines is 1. The Labute approximate surface area is 153 Å². The highest BCUT2D eigenvalue weighted by molar-refractivity contribution is 5.93. The lowest BCUT2D eigenvalue weighted by atomic mass is 10.2. The smallest absolute Gasteiger partial charge is 0.242 e. The zero-order chi connectivity index (χ0) is 18.4. The van der Waals surface area contributed by atoms with Crippen molar-refractivity contribution in [2.75, 3.05) is 11.9 Å². The highest BCUT2D eigenvalue weighted by Crippen LogP contribution is 2.25. The highest BCUT2D eigenvalue weighted by atomic mass is 19.1. The first-order chi connectivity index (χ1) is 13.2. The van der Waals surface area contributed by atoms with E-state index in [1.54, 1.807) is 16.6 Å². The summed E-state index contributed by atoms with van der Waals surface area (Å²) >= 11 is 0. The molecule has 0 aliphatic carbocycles. The monoisotopic (exact) mass is 362 g/mol. The molecule has 2 aromatic carbocycles. The van der Waals surface area contributed by atoms with Crippen LogP contribution in [-0.2, 0) is 4.79 Å². The standard InChI is InChI=1S/C19H15FN6O/c20-12-7-5-11(6-8-12)16-24-17-13-3-1-2-4-14(13)22-19(26(17)25-16)23-15-9-10-21-18(15)27/h1-8,15H,9-10H2,(H,21,27)(H,22,23)/t15-/m0/s1. The molecule has 2 N–H and O–H groups in total. The molecule has 7 nitrogen and oxygen atoms in total. The van der Waals surface area contributed by atoms with Crippen molar-refractivity contribution >= 4 is 28.4 Å². The summed E-state index contributed by atoms with van der Waals surface area (Å²) in [7, 11) is 0. The molecular formula is C19H15FN6O. The Hall–Kier alpha value is -3.55. The molecule has 5 rings (SSSR count). The van der Waals surface area contributed by atoms with Crippen molar-refractivity contribution in [1.29, 1.82) is 0 Å². The van der Waals surface area contributed by atoms with Crippen molar-refractivity contribution in [3.63, 3.8) is 0 Å². The van der Waals surface area contributed by atoms with E-state index in [1.165, 1.54) is 12.1 Å². The molecule has 134 valence electrons. The predicted molar refractivity (Wildman–Crippen MR) is 98.7 cm³/mol. The van der Waals surface area contributed by atoms with Crippen LogP contribution in [0.25, 0.3) is 27.9 Å². The summed E-state index contributed by atoms with van der Waals surface area (Å²) in [4.78, 5) is 21.2. The summed E-state index contributed by atoms with van der Waals surface area (Å²) in [5.74, 6) is 0.542. The van der Waals surface area contributed by atoms with Crippen molar-refractivity contribution in [3.05, 3.63) is 54.3 Å². The third kappa shape index (κ3) is 2.66. The number of para-hydroxylation sites is 1. The van der Waals surface area contributed by atoms with Crippen LogP contribution >= 0.6 is 0 Å². The van der Waals surface area contributed by atoms with Gasteiger partial charge in [-0.2, -0.15) is 4.52 Å². The van der Waals surface area contributed by atoms with E-state index in [2.05, 4.69) is 25.7 Å². The molecular weight excluding hydrogens is 347 g/mol. The lowest BCUT2D eigenvalue weighted by Gasteiger charge is -2.12. The van der Waals surface area contributed by atoms with Crippen LogP contribution < -0.4 is 10.6 Å². The molecule has 1 amide bonds. The second-order valence-electron chi connectivity index (χ2n) is 6.41. The number of hydrogen-bond donors (Lipinski definition) is 2. The number of halogens is 1. The molecule has 0 saturated carbocycles. The fraction of sp³-hybridized carbons (Fsp3) is 0.158. The summed E-state index contributed by atoms with van der Waals surface area (Å²) in [6.07, 6.45) is 0.675. The van der Waals surface area contributed by atoms with Crippen LogP contribution in [0.1, 0.15) is 6.42 Å². The van der Waals surface area contributed by atoms with Crippen LogP contribution in [0.4, 0.5) is 10.3 Å². The van der Waals surface area contributed by atoms with E-state index in [1.807, 2.05) is 24.3 Å². The zero-order valence-corrected chi connectivity index (χ0v) is 14.2. The number of nitrogens with zero attached hydrogens (tertiary/aromatic N) is 4. The van der Waals surface area contributed by atoms with E-state index >= 15 is 0 Å². The molecule has 1 fully saturated rings. The Kier molecular flexibility index (Phi) is 3.49. The summed E-state index contributed by atoms with van der Waals surface area (Å²) in [6, 6.07) is 13.3. The molecule has 1 aliphatic rings. The van der Waals surface area contributed by atoms with Crippen molar-refractivity contribution in [2.24, 2.45) is 0 Å². The molecule has 1 atom stereocenters. The van der Waals surface area contributed by atoms with Crippen LogP contribution in [0.15, 0.2) is 48.5 Å². The molecule has 0 bridgehead atoms. The fourth-order valence-electron chi connectivity index (χ4n) is 3.26. The van der Waals surface area contributed by atoms with Gasteiger partial charge >= 0.3 is 0 Å². The fourth-order valence-corrected chi connectivity index (χ4v) is 3.26. The molecule has 1 aliphatic heterocycles. The minimum atomic E-state index is -0.361. The predicted octanol–water partition coefficient (Wildman–Crippen LogP) is 2.38. The first-order valence-electron chi connectivity index (χ1n) is 8.65. The van der Waals surface area contributed by atoms with Crippen LogP contribution in [0.5, 0.6) is 0 Å². The lowest BCUT2D eigenvalue weighted by Crippen LogP contribution is -2.30. The summed E-state index contributed by atoms with van der Waals surface area (Å²) in [5.41, 5.74) is 2.08. The first-order valence-corrected chi connectivity index (χ1v) is 8.65. The Morgan fingerprint density at radius 3 is 2.70 bits per heavy atom. The van der Waals surface area contributed by atoms with Gasteiger partial charge in [0.2, 0.25) is 11.9 Å². The van der Waals surface area contributed by atoms with E-state index in [9.17, 15) is 9.18 Å². The van der Waals surface area contributed by atoms with Crippen LogP contribution in [0, 0.1) is 5.82 Å². The molecule has 0 spiro atoms. The van der Waals surface area contributed by atoms with Crippen LogP contribution in [-0.4, -0.2) is 38.1 Å². The highest BCUT2D eigenvalue weighted by Gasteiger charge is 2.26. The van der Waals surface area contributed by atoms with Crippen molar-refractivity contribution in [2.45, 2.75) is 12.5 Å². The third-order valence-electron chi connectivity index (χ3n) is 4.63. The van der Waals surface area contributed by atoms with E-state index in [4.69, 9.17) is 0 Å². The molecule has 3 heterocycles. The second-order valence-corrected chi connectivity index (χ2v) is 6.41. The molecule has 2 aromatic heterocycles. The van der Waals surface area contributed by atoms with Gasteiger partial charge in [-0.25, -0.2) is 14.4 Å². The normalized spacial score (nSPS) is 16.8. The van der Waals surface area contributed by atoms with Crippen LogP contribution in [0.3, 0.4) is 0 Å². The number of nitrogens with one attached hydrogen (secondary N) is 2. The van der Waals surface area contributed by atoms with Crippen molar-refractivity contribution < 1.29 is 9.18 Å².